The van der Waals surface area contributed by atoms with Crippen molar-refractivity contribution in [1.82, 2.24) is 0 Å². The molecule has 3 aromatic carbocycles. The lowest BCUT2D eigenvalue weighted by Gasteiger charge is -2.34. The van der Waals surface area contributed by atoms with Crippen LogP contribution < -0.4 is 0 Å². The summed E-state index contributed by atoms with van der Waals surface area (Å²) in [7, 11) is 0. The number of carboxylic acid groups (broad SMARTS) is 1. The molecule has 1 aliphatic carbocycles. The molecule has 1 aliphatic rings. The van der Waals surface area contributed by atoms with E-state index >= 15 is 0 Å². The van der Waals surface area contributed by atoms with E-state index in [1.54, 1.807) is 0 Å². The van der Waals surface area contributed by atoms with Gasteiger partial charge in [-0.1, -0.05) is 93.1 Å². The molecule has 3 nitrogen and oxygen atoms in total. The molecule has 2 N–H and O–H groups in total. The molecule has 0 atom stereocenters. The van der Waals surface area contributed by atoms with Gasteiger partial charge in [0.05, 0.1) is 6.42 Å². The first-order valence-corrected chi connectivity index (χ1v) is 14.5. The van der Waals surface area contributed by atoms with Crippen LogP contribution in [0.1, 0.15) is 98.6 Å². The van der Waals surface area contributed by atoms with E-state index in [-0.39, 0.29) is 11.8 Å². The Balaban J connectivity index is 1.63. The van der Waals surface area contributed by atoms with Crippen LogP contribution in [0.3, 0.4) is 0 Å². The van der Waals surface area contributed by atoms with Gasteiger partial charge in [-0.25, -0.2) is 0 Å². The molecule has 0 unspecified atom stereocenters. The second-order valence-electron chi connectivity index (χ2n) is 11.3. The maximum absolute atomic E-state index is 11.0. The van der Waals surface area contributed by atoms with E-state index < -0.39 is 11.6 Å². The van der Waals surface area contributed by atoms with Crippen molar-refractivity contribution in [2.45, 2.75) is 96.5 Å². The molecule has 39 heavy (non-hydrogen) atoms. The van der Waals surface area contributed by atoms with Gasteiger partial charge in [-0.2, -0.15) is 0 Å². The van der Waals surface area contributed by atoms with Crippen molar-refractivity contribution in [3.05, 3.63) is 94.0 Å². The molecule has 0 heterocycles. The van der Waals surface area contributed by atoms with Crippen LogP contribution in [0.5, 0.6) is 0 Å². The SMILES string of the molecule is CCC(CC)(c1ccc(C#CC2(O)CCCCCC2)c(C)c1)c1ccc(-c2ccc(CC(=O)O)cc2)c(C)c1. The number of rotatable bonds is 7. The highest BCUT2D eigenvalue weighted by Crippen LogP contribution is 2.41. The first-order chi connectivity index (χ1) is 18.7. The first kappa shape index (κ1) is 28.7. The van der Waals surface area contributed by atoms with E-state index in [0.29, 0.717) is 0 Å². The molecule has 0 amide bonds. The summed E-state index contributed by atoms with van der Waals surface area (Å²) in [4.78, 5) is 11.0. The number of hydrogen-bond acceptors (Lipinski definition) is 2. The third-order valence-electron chi connectivity index (χ3n) is 8.75. The lowest BCUT2D eigenvalue weighted by Crippen LogP contribution is -2.26. The Morgan fingerprint density at radius 1 is 0.846 bits per heavy atom. The van der Waals surface area contributed by atoms with E-state index in [9.17, 15) is 9.90 Å². The highest BCUT2D eigenvalue weighted by molar-refractivity contribution is 5.72. The van der Waals surface area contributed by atoms with Crippen molar-refractivity contribution >= 4 is 5.97 Å². The maximum Gasteiger partial charge on any atom is 0.307 e. The van der Waals surface area contributed by atoms with Gasteiger partial charge in [0.15, 0.2) is 0 Å². The third-order valence-corrected chi connectivity index (χ3v) is 8.75. The van der Waals surface area contributed by atoms with Gasteiger partial charge in [-0.15, -0.1) is 0 Å². The van der Waals surface area contributed by atoms with Crippen LogP contribution in [-0.2, 0) is 16.6 Å². The Kier molecular flexibility index (Phi) is 8.98. The zero-order valence-corrected chi connectivity index (χ0v) is 23.9. The predicted molar refractivity (Wildman–Crippen MR) is 160 cm³/mol. The van der Waals surface area contributed by atoms with Gasteiger partial charge in [0.1, 0.15) is 5.60 Å². The van der Waals surface area contributed by atoms with Crippen LogP contribution in [0.25, 0.3) is 11.1 Å². The molecule has 3 aromatic rings. The Hall–Kier alpha value is -3.35. The number of hydrogen-bond donors (Lipinski definition) is 2. The van der Waals surface area contributed by atoms with E-state index in [1.165, 1.54) is 35.1 Å². The van der Waals surface area contributed by atoms with Gasteiger partial charge in [0.25, 0.3) is 0 Å². The van der Waals surface area contributed by atoms with Crippen LogP contribution in [-0.4, -0.2) is 21.8 Å². The van der Waals surface area contributed by atoms with Gasteiger partial charge in [-0.05, 0) is 97.4 Å². The van der Waals surface area contributed by atoms with Gasteiger partial charge >= 0.3 is 5.97 Å². The highest BCUT2D eigenvalue weighted by atomic mass is 16.4. The molecule has 0 aromatic heterocycles. The maximum atomic E-state index is 11.0. The fourth-order valence-electron chi connectivity index (χ4n) is 6.22. The van der Waals surface area contributed by atoms with E-state index in [4.69, 9.17) is 5.11 Å². The molecular formula is C36H42O3. The largest absolute Gasteiger partial charge is 0.481 e. The smallest absolute Gasteiger partial charge is 0.307 e. The van der Waals surface area contributed by atoms with Crippen molar-refractivity contribution in [2.75, 3.05) is 0 Å². The highest BCUT2D eigenvalue weighted by Gasteiger charge is 2.31. The van der Waals surface area contributed by atoms with Gasteiger partial charge in [-0.3, -0.25) is 4.79 Å². The molecule has 204 valence electrons. The Morgan fingerprint density at radius 2 is 1.44 bits per heavy atom. The topological polar surface area (TPSA) is 57.5 Å². The van der Waals surface area contributed by atoms with Crippen molar-refractivity contribution in [1.29, 1.82) is 0 Å². The molecular weight excluding hydrogens is 480 g/mol. The van der Waals surface area contributed by atoms with E-state index in [2.05, 4.69) is 75.9 Å². The fourth-order valence-corrected chi connectivity index (χ4v) is 6.22. The number of aryl methyl sites for hydroxylation is 2. The predicted octanol–water partition coefficient (Wildman–Crippen LogP) is 8.14. The summed E-state index contributed by atoms with van der Waals surface area (Å²) >= 11 is 0. The summed E-state index contributed by atoms with van der Waals surface area (Å²) in [6.45, 7) is 8.81. The van der Waals surface area contributed by atoms with Crippen molar-refractivity contribution in [3.63, 3.8) is 0 Å². The number of carboxylic acids is 1. The minimum Gasteiger partial charge on any atom is -0.481 e. The minimum absolute atomic E-state index is 0.0401. The second-order valence-corrected chi connectivity index (χ2v) is 11.3. The summed E-state index contributed by atoms with van der Waals surface area (Å²) in [5.41, 5.74) is 8.08. The van der Waals surface area contributed by atoms with Crippen molar-refractivity contribution < 1.29 is 15.0 Å². The summed E-state index contributed by atoms with van der Waals surface area (Å²) < 4.78 is 0. The average Bonchev–Trinajstić information content (AvgIpc) is 3.14. The lowest BCUT2D eigenvalue weighted by molar-refractivity contribution is -0.136. The zero-order chi connectivity index (χ0) is 28.0. The summed E-state index contributed by atoms with van der Waals surface area (Å²) in [5.74, 6) is 5.74. The molecule has 0 spiro atoms. The summed E-state index contributed by atoms with van der Waals surface area (Å²) in [6.07, 6.45) is 8.02. The van der Waals surface area contributed by atoms with Gasteiger partial charge in [0.2, 0.25) is 0 Å². The minimum atomic E-state index is -0.853. The van der Waals surface area contributed by atoms with E-state index in [1.807, 2.05) is 24.3 Å². The molecule has 0 radical (unpaired) electrons. The number of carbonyl (C=O) groups is 1. The van der Waals surface area contributed by atoms with Crippen LogP contribution in [0.2, 0.25) is 0 Å². The molecule has 1 saturated carbocycles. The average molecular weight is 523 g/mol. The normalized spacial score (nSPS) is 15.2. The van der Waals surface area contributed by atoms with Crippen LogP contribution in [0.4, 0.5) is 0 Å². The molecule has 0 aliphatic heterocycles. The zero-order valence-electron chi connectivity index (χ0n) is 23.9. The van der Waals surface area contributed by atoms with Crippen LogP contribution in [0, 0.1) is 25.7 Å². The Morgan fingerprint density at radius 3 is 1.97 bits per heavy atom. The lowest BCUT2D eigenvalue weighted by atomic mass is 9.69. The summed E-state index contributed by atoms with van der Waals surface area (Å²) in [6, 6.07) is 21.3. The third kappa shape index (κ3) is 6.45. The monoisotopic (exact) mass is 522 g/mol. The molecule has 0 saturated heterocycles. The van der Waals surface area contributed by atoms with Crippen LogP contribution in [0.15, 0.2) is 60.7 Å². The van der Waals surface area contributed by atoms with E-state index in [0.717, 1.165) is 60.8 Å². The number of aliphatic carboxylic acids is 1. The molecule has 4 rings (SSSR count). The van der Waals surface area contributed by atoms with Crippen LogP contribution >= 0.6 is 0 Å². The van der Waals surface area contributed by atoms with Gasteiger partial charge < -0.3 is 10.2 Å². The second kappa shape index (κ2) is 12.2. The Labute approximate surface area is 234 Å². The van der Waals surface area contributed by atoms with Gasteiger partial charge in [0, 0.05) is 11.0 Å². The molecule has 0 bridgehead atoms. The number of aliphatic hydroxyl groups is 1. The molecule has 3 heteroatoms. The fraction of sp³-hybridized carbons (Fsp3) is 0.417. The van der Waals surface area contributed by atoms with Crippen molar-refractivity contribution in [3.8, 4) is 23.0 Å². The first-order valence-electron chi connectivity index (χ1n) is 14.5. The quantitative estimate of drug-likeness (QED) is 0.243. The summed E-state index contributed by atoms with van der Waals surface area (Å²) in [5, 5.41) is 20.1. The van der Waals surface area contributed by atoms with Crippen molar-refractivity contribution in [2.24, 2.45) is 0 Å². The standard InChI is InChI=1S/C36H42O3/c1-5-36(6-2,31-16-15-29(26(3)23-31)19-22-35(39)20-9-7-8-10-21-35)32-17-18-33(27(4)24-32)30-13-11-28(12-14-30)25-34(37)38/h11-18,23-24,39H,5-10,20-21,25H2,1-4H3,(H,37,38). The molecule has 1 fully saturated rings. The number of benzene rings is 3. The Bertz CT molecular complexity index is 1360.